The molecule has 0 aromatic heterocycles. The van der Waals surface area contributed by atoms with Crippen molar-refractivity contribution in [2.45, 2.75) is 39.9 Å². The molecule has 1 aliphatic heterocycles. The van der Waals surface area contributed by atoms with Crippen LogP contribution in [-0.4, -0.2) is 47.2 Å². The average molecular weight is 645 g/mol. The van der Waals surface area contributed by atoms with Gasteiger partial charge in [0.2, 0.25) is 18.3 Å². The second-order valence-corrected chi connectivity index (χ2v) is 11.3. The Labute approximate surface area is 274 Å². The zero-order chi connectivity index (χ0) is 33.8. The van der Waals surface area contributed by atoms with Gasteiger partial charge in [0.05, 0.1) is 28.4 Å². The molecule has 3 aromatic rings. The Morgan fingerprint density at radius 2 is 1.40 bits per heavy atom. The first-order valence-corrected chi connectivity index (χ1v) is 15.3. The van der Waals surface area contributed by atoms with Gasteiger partial charge < -0.3 is 37.9 Å². The maximum absolute atomic E-state index is 13.5. The van der Waals surface area contributed by atoms with Gasteiger partial charge in [-0.2, -0.15) is 0 Å². The van der Waals surface area contributed by atoms with Gasteiger partial charge in [-0.1, -0.05) is 50.3 Å². The molecule has 4 atom stereocenters. The molecular formula is C37H40O10. The Morgan fingerprint density at radius 3 is 2.02 bits per heavy atom. The molecule has 0 amide bonds. The van der Waals surface area contributed by atoms with Gasteiger partial charge in [0, 0.05) is 45.7 Å². The topological polar surface area (TPSA) is 108 Å². The maximum Gasteiger partial charge on any atom is 0.333 e. The molecule has 1 aliphatic carbocycles. The van der Waals surface area contributed by atoms with E-state index in [0.29, 0.717) is 62.3 Å². The van der Waals surface area contributed by atoms with Crippen molar-refractivity contribution < 1.29 is 47.5 Å². The van der Waals surface area contributed by atoms with E-state index in [1.165, 1.54) is 34.5 Å². The summed E-state index contributed by atoms with van der Waals surface area (Å²) in [4.78, 5) is 26.9. The molecule has 248 valence electrons. The number of benzene rings is 3. The van der Waals surface area contributed by atoms with Crippen LogP contribution in [0.25, 0.3) is 17.2 Å². The van der Waals surface area contributed by atoms with Crippen LogP contribution in [0.3, 0.4) is 0 Å². The number of ether oxygens (including phenoxy) is 8. The largest absolute Gasteiger partial charge is 0.493 e. The molecule has 0 saturated carbocycles. The lowest BCUT2D eigenvalue weighted by Gasteiger charge is -2.38. The molecule has 47 heavy (non-hydrogen) atoms. The van der Waals surface area contributed by atoms with Crippen molar-refractivity contribution in [3.8, 4) is 45.6 Å². The van der Waals surface area contributed by atoms with Gasteiger partial charge >= 0.3 is 11.9 Å². The molecule has 0 saturated heterocycles. The van der Waals surface area contributed by atoms with Crippen LogP contribution in [0.4, 0.5) is 0 Å². The third-order valence-corrected chi connectivity index (χ3v) is 8.81. The zero-order valence-corrected chi connectivity index (χ0v) is 27.9. The summed E-state index contributed by atoms with van der Waals surface area (Å²) in [6.45, 7) is 7.36. The zero-order valence-electron chi connectivity index (χ0n) is 27.9. The number of hydrogen-bond acceptors (Lipinski definition) is 10. The van der Waals surface area contributed by atoms with Gasteiger partial charge in [0.25, 0.3) is 0 Å². The summed E-state index contributed by atoms with van der Waals surface area (Å²) >= 11 is 0. The predicted molar refractivity (Wildman–Crippen MR) is 175 cm³/mol. The Balaban J connectivity index is 1.83. The van der Waals surface area contributed by atoms with Crippen molar-refractivity contribution >= 4 is 18.0 Å². The molecule has 0 N–H and O–H groups in total. The Hall–Kier alpha value is -5.12. The van der Waals surface area contributed by atoms with E-state index in [1.807, 2.05) is 44.2 Å². The monoisotopic (exact) mass is 644 g/mol. The highest BCUT2D eigenvalue weighted by Crippen LogP contribution is 2.60. The number of methoxy groups -OCH3 is 4. The first kappa shape index (κ1) is 33.2. The SMILES string of the molecule is C/C=C(/C)C(=O)O[C@H]1c2cc3c(c(OC)c2-c2c(cc(OC)c(OC)c2OC)[C@H](OC(=O)/C=C/c2ccccc2)[C@@H](C)[C@H]1C)OCO3. The van der Waals surface area contributed by atoms with E-state index in [2.05, 4.69) is 0 Å². The summed E-state index contributed by atoms with van der Waals surface area (Å²) in [6, 6.07) is 13.0. The van der Waals surface area contributed by atoms with Crippen LogP contribution in [0, 0.1) is 11.8 Å². The summed E-state index contributed by atoms with van der Waals surface area (Å²) in [7, 11) is 6.06. The van der Waals surface area contributed by atoms with Crippen LogP contribution >= 0.6 is 0 Å². The molecule has 0 bridgehead atoms. The lowest BCUT2D eigenvalue weighted by atomic mass is 9.74. The fourth-order valence-corrected chi connectivity index (χ4v) is 6.04. The van der Waals surface area contributed by atoms with E-state index in [9.17, 15) is 9.59 Å². The Morgan fingerprint density at radius 1 is 0.787 bits per heavy atom. The lowest BCUT2D eigenvalue weighted by Crippen LogP contribution is -2.31. The smallest absolute Gasteiger partial charge is 0.333 e. The number of allylic oxidation sites excluding steroid dienone is 1. The highest BCUT2D eigenvalue weighted by molar-refractivity contribution is 5.92. The average Bonchev–Trinajstić information content (AvgIpc) is 3.57. The number of carbonyl (C=O) groups is 2. The molecule has 0 unspecified atom stereocenters. The molecule has 0 spiro atoms. The fourth-order valence-electron chi connectivity index (χ4n) is 6.04. The van der Waals surface area contributed by atoms with Crippen molar-refractivity contribution in [1.82, 2.24) is 0 Å². The third-order valence-electron chi connectivity index (χ3n) is 8.81. The van der Waals surface area contributed by atoms with Crippen molar-refractivity contribution in [3.05, 3.63) is 76.9 Å². The molecule has 1 heterocycles. The van der Waals surface area contributed by atoms with Gasteiger partial charge in [-0.3, -0.25) is 0 Å². The van der Waals surface area contributed by atoms with Crippen molar-refractivity contribution in [2.24, 2.45) is 11.8 Å². The minimum Gasteiger partial charge on any atom is -0.493 e. The Bertz CT molecular complexity index is 1710. The van der Waals surface area contributed by atoms with Crippen LogP contribution < -0.4 is 28.4 Å². The number of hydrogen-bond donors (Lipinski definition) is 0. The molecule has 10 heteroatoms. The van der Waals surface area contributed by atoms with E-state index >= 15 is 0 Å². The van der Waals surface area contributed by atoms with Gasteiger partial charge in [-0.05, 0) is 37.6 Å². The number of fused-ring (bicyclic) bond motifs is 4. The third kappa shape index (κ3) is 6.19. The van der Waals surface area contributed by atoms with Crippen LogP contribution in [0.2, 0.25) is 0 Å². The summed E-state index contributed by atoms with van der Waals surface area (Å²) in [5.74, 6) is 0.302. The minimum absolute atomic E-state index is 0.0212. The molecule has 0 radical (unpaired) electrons. The van der Waals surface area contributed by atoms with Gasteiger partial charge in [0.15, 0.2) is 23.0 Å². The first-order chi connectivity index (χ1) is 22.7. The van der Waals surface area contributed by atoms with E-state index in [1.54, 1.807) is 38.1 Å². The van der Waals surface area contributed by atoms with Crippen molar-refractivity contribution in [2.75, 3.05) is 35.2 Å². The van der Waals surface area contributed by atoms with Crippen molar-refractivity contribution in [3.63, 3.8) is 0 Å². The van der Waals surface area contributed by atoms with Crippen molar-refractivity contribution in [1.29, 1.82) is 0 Å². The predicted octanol–water partition coefficient (Wildman–Crippen LogP) is 7.25. The standard InChI is InChI=1S/C37H40O10/c1-9-20(2)37(39)47-32-22(4)21(3)31(46-28(38)16-15-23-13-11-10-12-14-23)24-17-26(40-5)33(41-6)35(42-7)29(24)30-25(32)18-27-34(36(30)43-8)45-19-44-27/h9-18,21-22,31-32H,19H2,1-8H3/b16-15+,20-9-/t21-,22+,31+,32+/m0/s1. The maximum atomic E-state index is 13.5. The van der Waals surface area contributed by atoms with E-state index in [0.717, 1.165) is 5.56 Å². The first-order valence-electron chi connectivity index (χ1n) is 15.3. The van der Waals surface area contributed by atoms with Gasteiger partial charge in [-0.25, -0.2) is 9.59 Å². The van der Waals surface area contributed by atoms with E-state index in [4.69, 9.17) is 37.9 Å². The minimum atomic E-state index is -0.867. The summed E-state index contributed by atoms with van der Waals surface area (Å²) in [5, 5.41) is 0. The van der Waals surface area contributed by atoms with Crippen LogP contribution in [0.5, 0.6) is 34.5 Å². The quantitative estimate of drug-likeness (QED) is 0.175. The van der Waals surface area contributed by atoms with E-state index in [-0.39, 0.29) is 6.79 Å². The second-order valence-electron chi connectivity index (χ2n) is 11.3. The normalized spacial score (nSPS) is 20.0. The summed E-state index contributed by atoms with van der Waals surface area (Å²) in [5.41, 5.74) is 3.48. The van der Waals surface area contributed by atoms with E-state index < -0.39 is 36.0 Å². The van der Waals surface area contributed by atoms with Gasteiger partial charge in [-0.15, -0.1) is 0 Å². The molecule has 5 rings (SSSR count). The lowest BCUT2D eigenvalue weighted by molar-refractivity contribution is -0.155. The number of carbonyl (C=O) groups excluding carboxylic acids is 2. The molecular weight excluding hydrogens is 604 g/mol. The summed E-state index contributed by atoms with van der Waals surface area (Å²) in [6.07, 6.45) is 3.08. The molecule has 0 fully saturated rings. The van der Waals surface area contributed by atoms with Crippen LogP contribution in [0.1, 0.15) is 56.6 Å². The molecule has 3 aromatic carbocycles. The Kier molecular flexibility index (Phi) is 9.98. The molecule has 2 aliphatic rings. The second kappa shape index (κ2) is 14.1. The molecule has 10 nitrogen and oxygen atoms in total. The highest BCUT2D eigenvalue weighted by atomic mass is 16.7. The highest BCUT2D eigenvalue weighted by Gasteiger charge is 2.44. The summed E-state index contributed by atoms with van der Waals surface area (Å²) < 4.78 is 47.9. The van der Waals surface area contributed by atoms with Gasteiger partial charge in [0.1, 0.15) is 12.2 Å². The number of esters is 2. The fraction of sp³-hybridized carbons (Fsp3) is 0.351. The number of rotatable bonds is 9. The van der Waals surface area contributed by atoms with Crippen LogP contribution in [-0.2, 0) is 19.1 Å². The van der Waals surface area contributed by atoms with Crippen LogP contribution in [0.15, 0.2) is 60.2 Å².